The highest BCUT2D eigenvalue weighted by molar-refractivity contribution is 7.99. The summed E-state index contributed by atoms with van der Waals surface area (Å²) in [6.07, 6.45) is 10.9. The van der Waals surface area contributed by atoms with Gasteiger partial charge in [-0.1, -0.05) is 101 Å². The van der Waals surface area contributed by atoms with Gasteiger partial charge in [-0.2, -0.15) is 0 Å². The van der Waals surface area contributed by atoms with Gasteiger partial charge in [0.15, 0.2) is 0 Å². The molecule has 1 aliphatic rings. The van der Waals surface area contributed by atoms with Gasteiger partial charge in [-0.25, -0.2) is 0 Å². The largest absolute Gasteiger partial charge is 1.00 e. The summed E-state index contributed by atoms with van der Waals surface area (Å²) in [7, 11) is -1.95. The Bertz CT molecular complexity index is 1390. The van der Waals surface area contributed by atoms with E-state index >= 15 is 0 Å². The van der Waals surface area contributed by atoms with Crippen molar-refractivity contribution in [2.24, 2.45) is 0 Å². The molecule has 232 valence electrons. The Morgan fingerprint density at radius 2 is 1.34 bits per heavy atom. The lowest BCUT2D eigenvalue weighted by Crippen LogP contribution is -3.00. The molecule has 4 aromatic carbocycles. The third-order valence-corrected chi connectivity index (χ3v) is 14.3. The molecule has 5 rings (SSSR count). The quantitative estimate of drug-likeness (QED) is 0.109. The lowest BCUT2D eigenvalue weighted by atomic mass is 9.80. The van der Waals surface area contributed by atoms with Gasteiger partial charge in [-0.3, -0.25) is 0 Å². The van der Waals surface area contributed by atoms with Gasteiger partial charge in [0.2, 0.25) is 0 Å². The number of thioether (sulfide) groups is 1. The van der Waals surface area contributed by atoms with E-state index in [9.17, 15) is 0 Å². The summed E-state index contributed by atoms with van der Waals surface area (Å²) in [5, 5.41) is 4.26. The maximum atomic E-state index is 6.61. The summed E-state index contributed by atoms with van der Waals surface area (Å²) in [5.74, 6) is 2.22. The molecular formula is C40H48BrOPS. The molecule has 0 unspecified atom stereocenters. The number of halogens is 1. The highest BCUT2D eigenvalue weighted by atomic mass is 79.9. The first kappa shape index (κ1) is 34.6. The highest BCUT2D eigenvalue weighted by Gasteiger charge is 2.44. The Morgan fingerprint density at radius 1 is 0.795 bits per heavy atom. The van der Waals surface area contributed by atoms with E-state index in [0.29, 0.717) is 0 Å². The minimum absolute atomic E-state index is 0. The molecule has 44 heavy (non-hydrogen) atoms. The lowest BCUT2D eigenvalue weighted by molar-refractivity contribution is -0.00000936. The Hall–Kier alpha value is -2.32. The number of hydrogen-bond donors (Lipinski definition) is 0. The molecular weight excluding hydrogens is 639 g/mol. The van der Waals surface area contributed by atoms with Crippen molar-refractivity contribution in [3.8, 4) is 5.75 Å². The average molecular weight is 688 g/mol. The summed E-state index contributed by atoms with van der Waals surface area (Å²) in [5.41, 5.74) is 4.21. The van der Waals surface area contributed by atoms with E-state index in [0.717, 1.165) is 24.9 Å². The van der Waals surface area contributed by atoms with Crippen LogP contribution in [0.15, 0.2) is 114 Å². The standard InChI is InChI=1S/C40H48OPS.BrH/c1-5-6-7-8-18-27-41-38-31-39-37(40(3,4)26-29-43-39)30-36(38)32(2)25-28-42(33-19-12-9-13-20-33,34-21-14-10-15-22-34)35-23-16-11-17-24-35;/h9-17,19-25,30-31H,5-8,18,26-29H2,1-4H3;1H/q+1;/p-1/b32-25+;. The zero-order valence-electron chi connectivity index (χ0n) is 26.9. The number of fused-ring (bicyclic) bond motifs is 1. The number of unbranched alkanes of at least 4 members (excludes halogenated alkanes) is 4. The van der Waals surface area contributed by atoms with Crippen LogP contribution in [0, 0.1) is 0 Å². The molecule has 0 spiro atoms. The third-order valence-electron chi connectivity index (χ3n) is 8.99. The van der Waals surface area contributed by atoms with Gasteiger partial charge in [0, 0.05) is 10.5 Å². The molecule has 4 heteroatoms. The zero-order valence-corrected chi connectivity index (χ0v) is 30.2. The van der Waals surface area contributed by atoms with Crippen LogP contribution >= 0.6 is 19.0 Å². The first-order valence-electron chi connectivity index (χ1n) is 16.1. The van der Waals surface area contributed by atoms with E-state index in [1.165, 1.54) is 75.4 Å². The molecule has 1 nitrogen and oxygen atoms in total. The van der Waals surface area contributed by atoms with E-state index < -0.39 is 7.26 Å². The van der Waals surface area contributed by atoms with Gasteiger partial charge in [-0.15, -0.1) is 11.8 Å². The predicted molar refractivity (Wildman–Crippen MR) is 193 cm³/mol. The summed E-state index contributed by atoms with van der Waals surface area (Å²) in [6, 6.07) is 38.4. The number of ether oxygens (including phenoxy) is 1. The van der Waals surface area contributed by atoms with Crippen LogP contribution in [-0.4, -0.2) is 18.5 Å². The van der Waals surface area contributed by atoms with Crippen molar-refractivity contribution in [1.29, 1.82) is 0 Å². The Balaban J connectivity index is 0.00000442. The van der Waals surface area contributed by atoms with Crippen molar-refractivity contribution in [2.75, 3.05) is 18.5 Å². The first-order chi connectivity index (χ1) is 21.0. The molecule has 0 bridgehead atoms. The van der Waals surface area contributed by atoms with E-state index in [-0.39, 0.29) is 22.4 Å². The maximum Gasteiger partial charge on any atom is 0.127 e. The summed E-state index contributed by atoms with van der Waals surface area (Å²) in [4.78, 5) is 1.40. The van der Waals surface area contributed by atoms with Crippen LogP contribution in [0.2, 0.25) is 0 Å². The molecule has 0 saturated carbocycles. The van der Waals surface area contributed by atoms with Crippen LogP contribution in [0.4, 0.5) is 0 Å². The second-order valence-electron chi connectivity index (χ2n) is 12.5. The molecule has 0 amide bonds. The smallest absolute Gasteiger partial charge is 0.127 e. The SMILES string of the molecule is CCCCCCCOc1cc2c(cc1/C(C)=C/C[P+](c1ccccc1)(c1ccccc1)c1ccccc1)C(C)(C)CCS2.[Br-]. The van der Waals surface area contributed by atoms with Crippen LogP contribution < -0.4 is 37.6 Å². The molecule has 0 aliphatic carbocycles. The Kier molecular flexibility index (Phi) is 12.8. The minimum atomic E-state index is -1.95. The van der Waals surface area contributed by atoms with Gasteiger partial charge < -0.3 is 21.7 Å². The summed E-state index contributed by atoms with van der Waals surface area (Å²) < 4.78 is 6.61. The van der Waals surface area contributed by atoms with Gasteiger partial charge in [0.25, 0.3) is 0 Å². The van der Waals surface area contributed by atoms with E-state index in [1.807, 2.05) is 11.8 Å². The first-order valence-corrected chi connectivity index (χ1v) is 19.1. The lowest BCUT2D eigenvalue weighted by Gasteiger charge is -2.33. The predicted octanol–water partition coefficient (Wildman–Crippen LogP) is 7.21. The molecule has 0 N–H and O–H groups in total. The summed E-state index contributed by atoms with van der Waals surface area (Å²) >= 11 is 1.99. The van der Waals surface area contributed by atoms with Crippen molar-refractivity contribution in [3.05, 3.63) is 120 Å². The van der Waals surface area contributed by atoms with Gasteiger partial charge in [0.1, 0.15) is 28.9 Å². The van der Waals surface area contributed by atoms with Crippen molar-refractivity contribution in [3.63, 3.8) is 0 Å². The number of benzene rings is 4. The van der Waals surface area contributed by atoms with Crippen molar-refractivity contribution in [2.45, 2.75) is 76.5 Å². The van der Waals surface area contributed by atoms with Crippen LogP contribution in [0.5, 0.6) is 5.75 Å². The highest BCUT2D eigenvalue weighted by Crippen LogP contribution is 2.56. The Labute approximate surface area is 282 Å². The third kappa shape index (κ3) is 7.90. The minimum Gasteiger partial charge on any atom is -1.00 e. The van der Waals surface area contributed by atoms with Crippen LogP contribution in [0.1, 0.15) is 77.3 Å². The fourth-order valence-electron chi connectivity index (χ4n) is 6.27. The van der Waals surface area contributed by atoms with E-state index in [1.54, 1.807) is 0 Å². The molecule has 0 radical (unpaired) electrons. The molecule has 0 aromatic heterocycles. The normalized spacial score (nSPS) is 14.4. The van der Waals surface area contributed by atoms with E-state index in [4.69, 9.17) is 4.74 Å². The molecule has 1 aliphatic heterocycles. The van der Waals surface area contributed by atoms with Crippen LogP contribution in [-0.2, 0) is 5.41 Å². The molecule has 0 fully saturated rings. The molecule has 0 saturated heterocycles. The van der Waals surface area contributed by atoms with Gasteiger partial charge in [-0.05, 0) is 96.7 Å². The topological polar surface area (TPSA) is 9.23 Å². The number of rotatable bonds is 13. The van der Waals surface area contributed by atoms with Gasteiger partial charge >= 0.3 is 0 Å². The number of allylic oxidation sites excluding steroid dienone is 2. The molecule has 4 aromatic rings. The average Bonchev–Trinajstić information content (AvgIpc) is 3.04. The van der Waals surface area contributed by atoms with E-state index in [2.05, 4.69) is 137 Å². The van der Waals surface area contributed by atoms with Crippen LogP contribution in [0.3, 0.4) is 0 Å². The van der Waals surface area contributed by atoms with Crippen molar-refractivity contribution < 1.29 is 21.7 Å². The maximum absolute atomic E-state index is 6.61. The van der Waals surface area contributed by atoms with Crippen molar-refractivity contribution >= 4 is 40.5 Å². The number of hydrogen-bond acceptors (Lipinski definition) is 2. The van der Waals surface area contributed by atoms with Crippen molar-refractivity contribution in [1.82, 2.24) is 0 Å². The Morgan fingerprint density at radius 3 is 1.89 bits per heavy atom. The van der Waals surface area contributed by atoms with Crippen LogP contribution in [0.25, 0.3) is 5.57 Å². The summed E-state index contributed by atoms with van der Waals surface area (Å²) in [6.45, 7) is 10.2. The molecule has 1 heterocycles. The fraction of sp³-hybridized carbons (Fsp3) is 0.350. The molecule has 0 atom stereocenters. The zero-order chi connectivity index (χ0) is 30.1. The second kappa shape index (κ2) is 16.3. The fourth-order valence-corrected chi connectivity index (χ4v) is 11.9. The second-order valence-corrected chi connectivity index (χ2v) is 17.1. The monoisotopic (exact) mass is 686 g/mol. The van der Waals surface area contributed by atoms with Gasteiger partial charge in [0.05, 0.1) is 12.8 Å².